The zero-order valence-corrected chi connectivity index (χ0v) is 19.2. The minimum absolute atomic E-state index is 0. The SMILES string of the molecule is CCOc1cccc(CCNC(=NC)NCC2CC(=O)Nc3ccccc32)c1.I. The molecule has 1 heterocycles. The number of halogens is 1. The number of guanidine groups is 1. The summed E-state index contributed by atoms with van der Waals surface area (Å²) in [4.78, 5) is 16.3. The maximum Gasteiger partial charge on any atom is 0.225 e. The van der Waals surface area contributed by atoms with Crippen molar-refractivity contribution >= 4 is 41.5 Å². The van der Waals surface area contributed by atoms with Gasteiger partial charge >= 0.3 is 0 Å². The summed E-state index contributed by atoms with van der Waals surface area (Å²) in [5.74, 6) is 1.83. The van der Waals surface area contributed by atoms with Crippen LogP contribution < -0.4 is 20.7 Å². The van der Waals surface area contributed by atoms with Gasteiger partial charge in [0.05, 0.1) is 6.61 Å². The van der Waals surface area contributed by atoms with Crippen molar-refractivity contribution in [2.24, 2.45) is 4.99 Å². The fourth-order valence-electron chi connectivity index (χ4n) is 3.41. The Morgan fingerprint density at radius 1 is 1.21 bits per heavy atom. The maximum absolute atomic E-state index is 12.0. The van der Waals surface area contributed by atoms with Crippen LogP contribution in [0.1, 0.15) is 30.4 Å². The molecule has 3 N–H and O–H groups in total. The average Bonchev–Trinajstić information content (AvgIpc) is 2.70. The third kappa shape index (κ3) is 6.62. The van der Waals surface area contributed by atoms with Gasteiger partial charge in [-0.25, -0.2) is 0 Å². The molecule has 6 nitrogen and oxygen atoms in total. The number of hydrogen-bond donors (Lipinski definition) is 3. The molecule has 0 saturated heterocycles. The summed E-state index contributed by atoms with van der Waals surface area (Å²) in [6.45, 7) is 4.07. The molecule has 1 aliphatic rings. The van der Waals surface area contributed by atoms with Crippen LogP contribution in [0.25, 0.3) is 0 Å². The third-order valence-electron chi connectivity index (χ3n) is 4.76. The van der Waals surface area contributed by atoms with Crippen LogP contribution in [-0.2, 0) is 11.2 Å². The van der Waals surface area contributed by atoms with E-state index >= 15 is 0 Å². The van der Waals surface area contributed by atoms with E-state index in [2.05, 4.69) is 39.1 Å². The van der Waals surface area contributed by atoms with Gasteiger partial charge in [0.1, 0.15) is 5.75 Å². The summed E-state index contributed by atoms with van der Waals surface area (Å²) in [7, 11) is 1.76. The molecular weight excluding hydrogens is 479 g/mol. The summed E-state index contributed by atoms with van der Waals surface area (Å²) in [6.07, 6.45) is 1.35. The number of amides is 1. The summed E-state index contributed by atoms with van der Waals surface area (Å²) < 4.78 is 5.55. The van der Waals surface area contributed by atoms with Crippen molar-refractivity contribution in [3.63, 3.8) is 0 Å². The molecule has 0 aromatic heterocycles. The minimum atomic E-state index is 0. The molecule has 2 aromatic carbocycles. The van der Waals surface area contributed by atoms with E-state index in [9.17, 15) is 4.79 Å². The zero-order valence-electron chi connectivity index (χ0n) is 16.9. The topological polar surface area (TPSA) is 74.8 Å². The summed E-state index contributed by atoms with van der Waals surface area (Å²) >= 11 is 0. The van der Waals surface area contributed by atoms with Gasteiger partial charge in [0.2, 0.25) is 5.91 Å². The van der Waals surface area contributed by atoms with Crippen LogP contribution in [0.15, 0.2) is 53.5 Å². The molecule has 29 heavy (non-hydrogen) atoms. The first-order valence-electron chi connectivity index (χ1n) is 9.74. The molecule has 1 atom stereocenters. The Kier molecular flexibility index (Phi) is 9.24. The number of ether oxygens (including phenoxy) is 1. The van der Waals surface area contributed by atoms with Crippen LogP contribution in [0.2, 0.25) is 0 Å². The average molecular weight is 508 g/mol. The van der Waals surface area contributed by atoms with Crippen molar-refractivity contribution in [2.75, 3.05) is 32.1 Å². The van der Waals surface area contributed by atoms with Gasteiger partial charge in [-0.2, -0.15) is 0 Å². The number of nitrogens with one attached hydrogen (secondary N) is 3. The number of aliphatic imine (C=N–C) groups is 1. The zero-order chi connectivity index (χ0) is 19.8. The molecule has 3 rings (SSSR count). The smallest absolute Gasteiger partial charge is 0.225 e. The molecule has 0 bridgehead atoms. The molecule has 2 aromatic rings. The lowest BCUT2D eigenvalue weighted by molar-refractivity contribution is -0.116. The number of nitrogens with zero attached hydrogens (tertiary/aromatic N) is 1. The molecule has 0 spiro atoms. The maximum atomic E-state index is 12.0. The van der Waals surface area contributed by atoms with Gasteiger partial charge in [-0.3, -0.25) is 9.79 Å². The lowest BCUT2D eigenvalue weighted by atomic mass is 9.90. The number of anilines is 1. The molecule has 1 unspecified atom stereocenters. The first kappa shape index (κ1) is 23.0. The van der Waals surface area contributed by atoms with Crippen LogP contribution in [0.4, 0.5) is 5.69 Å². The molecule has 0 saturated carbocycles. The Bertz CT molecular complexity index is 841. The quantitative estimate of drug-likeness (QED) is 0.304. The van der Waals surface area contributed by atoms with Crippen LogP contribution in [0.5, 0.6) is 5.75 Å². The molecule has 1 aliphatic heterocycles. The van der Waals surface area contributed by atoms with Crippen molar-refractivity contribution in [1.82, 2.24) is 10.6 Å². The summed E-state index contributed by atoms with van der Waals surface area (Å²) in [5, 5.41) is 9.63. The second-order valence-electron chi connectivity index (χ2n) is 6.75. The lowest BCUT2D eigenvalue weighted by Gasteiger charge is -2.26. The van der Waals surface area contributed by atoms with E-state index in [1.807, 2.05) is 37.3 Å². The van der Waals surface area contributed by atoms with Gasteiger partial charge < -0.3 is 20.7 Å². The summed E-state index contributed by atoms with van der Waals surface area (Å²) in [6, 6.07) is 16.1. The highest BCUT2D eigenvalue weighted by Gasteiger charge is 2.24. The number of benzene rings is 2. The normalized spacial score (nSPS) is 15.6. The van der Waals surface area contributed by atoms with Gasteiger partial charge in [0.15, 0.2) is 5.96 Å². The second kappa shape index (κ2) is 11.6. The number of fused-ring (bicyclic) bond motifs is 1. The first-order valence-corrected chi connectivity index (χ1v) is 9.74. The lowest BCUT2D eigenvalue weighted by Crippen LogP contribution is -2.41. The van der Waals surface area contributed by atoms with E-state index < -0.39 is 0 Å². The number of carbonyl (C=O) groups is 1. The molecular formula is C22H29IN4O2. The van der Waals surface area contributed by atoms with Crippen molar-refractivity contribution in [1.29, 1.82) is 0 Å². The van der Waals surface area contributed by atoms with Crippen LogP contribution in [0.3, 0.4) is 0 Å². The van der Waals surface area contributed by atoms with Crippen molar-refractivity contribution < 1.29 is 9.53 Å². The number of para-hydroxylation sites is 1. The van der Waals surface area contributed by atoms with Gasteiger partial charge in [0.25, 0.3) is 0 Å². The largest absolute Gasteiger partial charge is 0.494 e. The van der Waals surface area contributed by atoms with E-state index in [1.54, 1.807) is 7.05 Å². The third-order valence-corrected chi connectivity index (χ3v) is 4.76. The number of rotatable bonds is 7. The summed E-state index contributed by atoms with van der Waals surface area (Å²) in [5.41, 5.74) is 3.28. The molecule has 0 fully saturated rings. The van der Waals surface area contributed by atoms with Crippen molar-refractivity contribution in [3.8, 4) is 5.75 Å². The number of hydrogen-bond acceptors (Lipinski definition) is 3. The Morgan fingerprint density at radius 2 is 2.03 bits per heavy atom. The van der Waals surface area contributed by atoms with Crippen molar-refractivity contribution in [3.05, 3.63) is 59.7 Å². The fourth-order valence-corrected chi connectivity index (χ4v) is 3.41. The van der Waals surface area contributed by atoms with E-state index in [-0.39, 0.29) is 35.8 Å². The van der Waals surface area contributed by atoms with Gasteiger partial charge in [-0.05, 0) is 42.7 Å². The van der Waals surface area contributed by atoms with Crippen LogP contribution >= 0.6 is 24.0 Å². The van der Waals surface area contributed by atoms with Crippen LogP contribution in [0, 0.1) is 0 Å². The second-order valence-corrected chi connectivity index (χ2v) is 6.75. The van der Waals surface area contributed by atoms with Crippen molar-refractivity contribution in [2.45, 2.75) is 25.7 Å². The Labute approximate surface area is 189 Å². The first-order chi connectivity index (χ1) is 13.7. The predicted molar refractivity (Wildman–Crippen MR) is 129 cm³/mol. The highest BCUT2D eigenvalue weighted by Crippen LogP contribution is 2.31. The molecule has 1 amide bonds. The Morgan fingerprint density at radius 3 is 2.83 bits per heavy atom. The highest BCUT2D eigenvalue weighted by molar-refractivity contribution is 14.0. The Hall–Kier alpha value is -2.29. The predicted octanol–water partition coefficient (Wildman–Crippen LogP) is 3.54. The van der Waals surface area contributed by atoms with E-state index in [0.29, 0.717) is 19.6 Å². The van der Waals surface area contributed by atoms with Gasteiger partial charge in [0, 0.05) is 38.2 Å². The van der Waals surface area contributed by atoms with E-state index in [1.165, 1.54) is 5.56 Å². The van der Waals surface area contributed by atoms with Gasteiger partial charge in [-0.15, -0.1) is 24.0 Å². The molecule has 0 aliphatic carbocycles. The minimum Gasteiger partial charge on any atom is -0.494 e. The number of carbonyl (C=O) groups excluding carboxylic acids is 1. The van der Waals surface area contributed by atoms with Crippen LogP contribution in [-0.4, -0.2) is 38.6 Å². The fraction of sp³-hybridized carbons (Fsp3) is 0.364. The Balaban J connectivity index is 0.00000300. The standard InChI is InChI=1S/C22H28N4O2.HI/c1-3-28-18-8-6-7-16(13-18)11-12-24-22(23-2)25-15-17-14-21(27)26-20-10-5-4-9-19(17)20;/h4-10,13,17H,3,11-12,14-15H2,1-2H3,(H,26,27)(H2,23,24,25);1H. The molecule has 7 heteroatoms. The van der Waals surface area contributed by atoms with Gasteiger partial charge in [-0.1, -0.05) is 30.3 Å². The van der Waals surface area contributed by atoms with E-state index in [4.69, 9.17) is 4.74 Å². The monoisotopic (exact) mass is 508 g/mol. The molecule has 0 radical (unpaired) electrons. The van der Waals surface area contributed by atoms with E-state index in [0.717, 1.165) is 35.9 Å². The molecule has 156 valence electrons. The highest BCUT2D eigenvalue weighted by atomic mass is 127.